The number of carbonyl (C=O) groups excluding carboxylic acids is 9. The molecule has 2 aromatic rings. The number of nitrogens with one attached hydrogen (secondary N) is 10. The number of amides is 9. The van der Waals surface area contributed by atoms with E-state index in [0.717, 1.165) is 6.92 Å². The number of carbonyl (C=O) groups is 11. The molecule has 0 spiro atoms. The summed E-state index contributed by atoms with van der Waals surface area (Å²) >= 11 is 4.04. The van der Waals surface area contributed by atoms with Gasteiger partial charge in [-0.05, 0) is 88.3 Å². The van der Waals surface area contributed by atoms with Gasteiger partial charge in [-0.2, -0.15) is 12.6 Å². The Balaban J connectivity index is 2.46. The summed E-state index contributed by atoms with van der Waals surface area (Å²) in [5, 5.41) is 72.7. The van der Waals surface area contributed by atoms with Crippen LogP contribution in [0.5, 0.6) is 0 Å². The molecule has 0 bridgehead atoms. The number of thiol groups is 1. The van der Waals surface area contributed by atoms with E-state index in [1.165, 1.54) is 0 Å². The molecule has 0 unspecified atom stereocenters. The fourth-order valence-corrected chi connectivity index (χ4v) is 8.67. The Morgan fingerprint density at radius 2 is 1.02 bits per heavy atom. The van der Waals surface area contributed by atoms with Crippen molar-refractivity contribution >= 4 is 94.6 Å². The lowest BCUT2D eigenvalue weighted by Gasteiger charge is -2.29. The maximum absolute atomic E-state index is 14.2. The number of aliphatic hydroxyl groups is 3. The van der Waals surface area contributed by atoms with E-state index in [1.807, 2.05) is 0 Å². The number of hydrogen-bond donors (Lipinski definition) is 20. The average Bonchev–Trinajstić information content (AvgIpc) is 4.16. The average molecular weight is 1220 g/mol. The van der Waals surface area contributed by atoms with E-state index < -0.39 is 158 Å². The number of H-pyrrole nitrogens is 1. The number of hydrogen-bond acceptors (Lipinski definition) is 18. The Kier molecular flexibility index (Phi) is 32.5. The van der Waals surface area contributed by atoms with Crippen molar-refractivity contribution in [2.75, 3.05) is 32.1 Å². The van der Waals surface area contributed by atoms with E-state index in [2.05, 4.69) is 70.5 Å². The summed E-state index contributed by atoms with van der Waals surface area (Å²) in [5.74, 6) is -12.6. The van der Waals surface area contributed by atoms with Gasteiger partial charge in [-0.25, -0.2) is 4.79 Å². The van der Waals surface area contributed by atoms with E-state index >= 15 is 0 Å². The summed E-state index contributed by atoms with van der Waals surface area (Å²) in [7, 11) is 0. The molecular weight excluding hydrogens is 1130 g/mol. The Morgan fingerprint density at radius 3 is 1.53 bits per heavy atom. The third-order valence-corrected chi connectivity index (χ3v) is 13.5. The number of para-hydroxylation sites is 1. The highest BCUT2D eigenvalue weighted by molar-refractivity contribution is 7.80. The van der Waals surface area contributed by atoms with Gasteiger partial charge in [0.2, 0.25) is 53.2 Å². The Bertz CT molecular complexity index is 2600. The number of nitrogens with zero attached hydrogens (tertiary/aromatic N) is 1. The molecule has 85 heavy (non-hydrogen) atoms. The largest absolute Gasteiger partial charge is 0.481 e. The summed E-state index contributed by atoms with van der Waals surface area (Å²) in [4.78, 5) is 155. The Hall–Kier alpha value is -7.65. The first-order chi connectivity index (χ1) is 40.1. The zero-order valence-corrected chi connectivity index (χ0v) is 49.3. The van der Waals surface area contributed by atoms with Gasteiger partial charge >= 0.3 is 11.9 Å². The molecule has 1 aromatic heterocycles. The summed E-state index contributed by atoms with van der Waals surface area (Å²) in [6, 6.07) is -8.42. The summed E-state index contributed by atoms with van der Waals surface area (Å²) in [5.41, 5.74) is 23.7. The van der Waals surface area contributed by atoms with Crippen molar-refractivity contribution in [2.24, 2.45) is 39.8 Å². The fraction of sp³-hybridized carbons (Fsp3) is 0.623. The maximum atomic E-state index is 14.2. The molecule has 2 rings (SSSR count). The normalized spacial score (nSPS) is 15.2. The minimum Gasteiger partial charge on any atom is -0.481 e. The predicted molar refractivity (Wildman–Crippen MR) is 313 cm³/mol. The van der Waals surface area contributed by atoms with Crippen LogP contribution in [0.1, 0.15) is 98.0 Å². The van der Waals surface area contributed by atoms with Crippen LogP contribution < -0.4 is 70.8 Å². The minimum absolute atomic E-state index is 0.00906. The molecule has 0 radical (unpaired) electrons. The number of aliphatic imine (C=N–C) groups is 1. The minimum atomic E-state index is -1.85. The van der Waals surface area contributed by atoms with E-state index in [4.69, 9.17) is 22.9 Å². The third-order valence-electron chi connectivity index (χ3n) is 13.1. The number of nitrogens with two attached hydrogens (primary N) is 4. The molecule has 0 saturated carbocycles. The molecule has 1 heterocycles. The predicted octanol–water partition coefficient (Wildman–Crippen LogP) is -5.08. The van der Waals surface area contributed by atoms with Crippen LogP contribution in [0.2, 0.25) is 0 Å². The van der Waals surface area contributed by atoms with Crippen molar-refractivity contribution in [1.29, 1.82) is 0 Å². The Labute approximate surface area is 497 Å². The molecule has 0 saturated heterocycles. The van der Waals surface area contributed by atoms with Crippen molar-refractivity contribution in [2.45, 2.75) is 165 Å². The van der Waals surface area contributed by atoms with Gasteiger partial charge in [0.25, 0.3) is 0 Å². The van der Waals surface area contributed by atoms with Gasteiger partial charge in [0.15, 0.2) is 5.96 Å². The smallest absolute Gasteiger partial charge is 0.328 e. The summed E-state index contributed by atoms with van der Waals surface area (Å²) in [6.07, 6.45) is -1.39. The second kappa shape index (κ2) is 37.6. The van der Waals surface area contributed by atoms with Crippen molar-refractivity contribution in [3.8, 4) is 0 Å². The summed E-state index contributed by atoms with van der Waals surface area (Å²) < 4.78 is 0. The van der Waals surface area contributed by atoms with Gasteiger partial charge in [-0.1, -0.05) is 45.9 Å². The first-order valence-electron chi connectivity index (χ1n) is 27.8. The zero-order valence-electron chi connectivity index (χ0n) is 48.4. The highest BCUT2D eigenvalue weighted by Gasteiger charge is 2.37. The van der Waals surface area contributed by atoms with E-state index in [9.17, 15) is 78.3 Å². The maximum Gasteiger partial charge on any atom is 0.328 e. The molecule has 31 nitrogen and oxygen atoms in total. The van der Waals surface area contributed by atoms with Gasteiger partial charge in [0, 0.05) is 42.2 Å². The standard InChI is InChI=1S/C53H87N15O16S/c1-26(2)19-36(63-43(74)31(55)25-85)47(78)64-37(20-27(3)4)49(80)68-42(28(5)71)51(82)62-35(15-16-41(72)73)46(77)60-33(13-8-9-17-54)45(76)66-39(23-69)50(81)61-34(14-10-18-58-53(56)57)44(75)65-38(48(79)67-40(24-70)52(83)84)21-29-22-59-32-12-7-6-11-30(29)32/h6-7,11-12,22,26-28,31,33-40,42,59,69-71,85H,8-10,13-21,23-25,54-55H2,1-5H3,(H,60,77)(H,61,81)(H,62,82)(H,63,74)(H,64,78)(H,65,75)(H,66,76)(H,67,79)(H,68,80)(H,72,73)(H,83,84)(H4,56,57,58)/t28-,31+,33+,34+,35+,36+,37+,38+,39+,40+,42+/m1/s1. The van der Waals surface area contributed by atoms with Crippen molar-refractivity contribution < 1.29 is 78.3 Å². The highest BCUT2D eigenvalue weighted by atomic mass is 32.1. The number of aliphatic carboxylic acids is 2. The van der Waals surface area contributed by atoms with Gasteiger partial charge in [-0.3, -0.25) is 52.9 Å². The number of aliphatic hydroxyl groups excluding tert-OH is 3. The van der Waals surface area contributed by atoms with Crippen LogP contribution >= 0.6 is 12.6 Å². The number of carboxylic acids is 2. The molecule has 476 valence electrons. The van der Waals surface area contributed by atoms with E-state index in [-0.39, 0.29) is 81.6 Å². The SMILES string of the molecule is CC(C)C[C@H](NC(=O)[C@H](CC(C)C)NC(=O)[C@@H](N)CS)C(=O)N[C@H](C(=O)N[C@@H](CCC(=O)O)C(=O)N[C@@H](CCCCN)C(=O)N[C@@H](CO)C(=O)N[C@@H](CCCN=C(N)N)C(=O)N[C@@H](Cc1c[nH]c2ccccc12)C(=O)N[C@@H](CO)C(=O)O)[C@@H](C)O. The quantitative estimate of drug-likeness (QED) is 0.0128. The van der Waals surface area contributed by atoms with Gasteiger partial charge in [-0.15, -0.1) is 0 Å². The van der Waals surface area contributed by atoms with Crippen LogP contribution in [0, 0.1) is 11.8 Å². The van der Waals surface area contributed by atoms with Crippen LogP contribution in [0.25, 0.3) is 10.9 Å². The van der Waals surface area contributed by atoms with Gasteiger partial charge in [0.1, 0.15) is 54.4 Å². The number of guanidine groups is 1. The monoisotopic (exact) mass is 1220 g/mol. The number of carboxylic acid groups (broad SMARTS) is 2. The molecule has 9 amide bonds. The highest BCUT2D eigenvalue weighted by Crippen LogP contribution is 2.20. The number of rotatable bonds is 40. The lowest BCUT2D eigenvalue weighted by molar-refractivity contribution is -0.143. The van der Waals surface area contributed by atoms with Crippen LogP contribution in [-0.4, -0.2) is 200 Å². The van der Waals surface area contributed by atoms with E-state index in [0.29, 0.717) is 22.9 Å². The molecule has 23 N–H and O–H groups in total. The fourth-order valence-electron chi connectivity index (χ4n) is 8.50. The molecule has 32 heteroatoms. The van der Waals surface area contributed by atoms with Crippen LogP contribution in [-0.2, 0) is 59.2 Å². The molecule has 0 fully saturated rings. The number of fused-ring (bicyclic) bond motifs is 1. The number of unbranched alkanes of at least 4 members (excludes halogenated alkanes) is 1. The van der Waals surface area contributed by atoms with Crippen LogP contribution in [0.4, 0.5) is 0 Å². The molecule has 0 aliphatic carbocycles. The lowest BCUT2D eigenvalue weighted by atomic mass is 9.99. The lowest BCUT2D eigenvalue weighted by Crippen LogP contribution is -2.62. The Morgan fingerprint density at radius 1 is 0.576 bits per heavy atom. The molecule has 0 aliphatic heterocycles. The second-order valence-corrected chi connectivity index (χ2v) is 21.6. The van der Waals surface area contributed by atoms with Gasteiger partial charge in [0.05, 0.1) is 25.4 Å². The number of benzene rings is 1. The zero-order chi connectivity index (χ0) is 64.1. The number of aromatic amines is 1. The van der Waals surface area contributed by atoms with Crippen molar-refractivity contribution in [3.05, 3.63) is 36.0 Å². The topological polar surface area (TPSA) is 529 Å². The molecule has 1 aromatic carbocycles. The third kappa shape index (κ3) is 26.0. The first-order valence-corrected chi connectivity index (χ1v) is 28.4. The van der Waals surface area contributed by atoms with Crippen LogP contribution in [0.3, 0.4) is 0 Å². The number of aromatic nitrogens is 1. The molecular formula is C53H87N15O16S. The van der Waals surface area contributed by atoms with Gasteiger partial charge < -0.3 is 101 Å². The molecule has 0 aliphatic rings. The summed E-state index contributed by atoms with van der Waals surface area (Å²) in [6.45, 7) is 6.21. The van der Waals surface area contributed by atoms with Crippen molar-refractivity contribution in [3.63, 3.8) is 0 Å². The van der Waals surface area contributed by atoms with E-state index in [1.54, 1.807) is 58.2 Å². The molecule has 11 atom stereocenters. The van der Waals surface area contributed by atoms with Crippen LogP contribution in [0.15, 0.2) is 35.5 Å². The van der Waals surface area contributed by atoms with Crippen molar-refractivity contribution in [1.82, 2.24) is 52.8 Å². The first kappa shape index (κ1) is 73.5. The second-order valence-electron chi connectivity index (χ2n) is 21.2.